The van der Waals surface area contributed by atoms with Gasteiger partial charge in [0.2, 0.25) is 0 Å². The molecular formula is C12H19NO3S. The van der Waals surface area contributed by atoms with Crippen molar-refractivity contribution < 1.29 is 13.0 Å². The fourth-order valence-electron chi connectivity index (χ4n) is 1.69. The van der Waals surface area contributed by atoms with Gasteiger partial charge < -0.3 is 0 Å². The van der Waals surface area contributed by atoms with Gasteiger partial charge in [0, 0.05) is 6.54 Å². The summed E-state index contributed by atoms with van der Waals surface area (Å²) in [6.45, 7) is 6.17. The molecule has 0 saturated heterocycles. The second kappa shape index (κ2) is 5.62. The second-order valence-corrected chi connectivity index (χ2v) is 5.75. The first-order chi connectivity index (χ1) is 7.86. The van der Waals surface area contributed by atoms with Crippen LogP contribution in [0.2, 0.25) is 0 Å². The first-order valence-corrected chi connectivity index (χ1v) is 7.11. The quantitative estimate of drug-likeness (QED) is 0.792. The van der Waals surface area contributed by atoms with Gasteiger partial charge >= 0.3 is 0 Å². The molecule has 0 aliphatic heterocycles. The SMILES string of the molecule is CCC(NCc1cccc(C)c1C)S(=O)(=O)O. The number of hydrogen-bond donors (Lipinski definition) is 2. The van der Waals surface area contributed by atoms with Crippen molar-refractivity contribution in [3.05, 3.63) is 34.9 Å². The van der Waals surface area contributed by atoms with Crippen LogP contribution in [0.15, 0.2) is 18.2 Å². The van der Waals surface area contributed by atoms with Crippen LogP contribution in [0.1, 0.15) is 30.0 Å². The highest BCUT2D eigenvalue weighted by molar-refractivity contribution is 7.86. The third-order valence-electron chi connectivity index (χ3n) is 2.97. The Bertz CT molecular complexity index is 483. The summed E-state index contributed by atoms with van der Waals surface area (Å²) in [5.74, 6) is 0. The van der Waals surface area contributed by atoms with Gasteiger partial charge in [0.15, 0.2) is 0 Å². The van der Waals surface area contributed by atoms with Crippen molar-refractivity contribution in [1.82, 2.24) is 5.32 Å². The van der Waals surface area contributed by atoms with Gasteiger partial charge in [0.1, 0.15) is 5.37 Å². The molecule has 1 rings (SSSR count). The van der Waals surface area contributed by atoms with Crippen molar-refractivity contribution in [2.75, 3.05) is 0 Å². The fourth-order valence-corrected chi connectivity index (χ4v) is 2.40. The lowest BCUT2D eigenvalue weighted by Crippen LogP contribution is -2.35. The molecule has 5 heteroatoms. The third kappa shape index (κ3) is 3.80. The van der Waals surface area contributed by atoms with Crippen molar-refractivity contribution in [3.63, 3.8) is 0 Å². The van der Waals surface area contributed by atoms with Crippen LogP contribution in [-0.4, -0.2) is 18.3 Å². The van der Waals surface area contributed by atoms with Crippen molar-refractivity contribution in [2.45, 2.75) is 39.1 Å². The maximum Gasteiger partial charge on any atom is 0.281 e. The molecule has 0 bridgehead atoms. The molecule has 0 heterocycles. The predicted octanol–water partition coefficient (Wildman–Crippen LogP) is 2.02. The molecule has 0 fully saturated rings. The lowest BCUT2D eigenvalue weighted by Gasteiger charge is -2.15. The van der Waals surface area contributed by atoms with E-state index in [0.717, 1.165) is 11.1 Å². The average Bonchev–Trinajstić information content (AvgIpc) is 2.23. The average molecular weight is 257 g/mol. The van der Waals surface area contributed by atoms with Gasteiger partial charge in [-0.3, -0.25) is 9.87 Å². The van der Waals surface area contributed by atoms with Crippen LogP contribution in [0.4, 0.5) is 0 Å². The highest BCUT2D eigenvalue weighted by atomic mass is 32.2. The normalized spacial score (nSPS) is 13.6. The molecule has 4 nitrogen and oxygen atoms in total. The number of benzene rings is 1. The molecule has 17 heavy (non-hydrogen) atoms. The number of aryl methyl sites for hydroxylation is 1. The molecule has 2 N–H and O–H groups in total. The fraction of sp³-hybridized carbons (Fsp3) is 0.500. The molecule has 0 amide bonds. The second-order valence-electron chi connectivity index (χ2n) is 4.15. The highest BCUT2D eigenvalue weighted by Crippen LogP contribution is 2.13. The Morgan fingerprint density at radius 2 is 2.00 bits per heavy atom. The molecule has 0 radical (unpaired) electrons. The minimum Gasteiger partial charge on any atom is -0.295 e. The zero-order valence-electron chi connectivity index (χ0n) is 10.4. The van der Waals surface area contributed by atoms with Crippen molar-refractivity contribution in [2.24, 2.45) is 0 Å². The predicted molar refractivity (Wildman–Crippen MR) is 68.4 cm³/mol. The molecule has 1 unspecified atom stereocenters. The highest BCUT2D eigenvalue weighted by Gasteiger charge is 2.19. The molecule has 0 spiro atoms. The molecule has 0 saturated carbocycles. The summed E-state index contributed by atoms with van der Waals surface area (Å²) in [6, 6.07) is 5.90. The van der Waals surface area contributed by atoms with Crippen LogP contribution >= 0.6 is 0 Å². The summed E-state index contributed by atoms with van der Waals surface area (Å²) in [6.07, 6.45) is 0.337. The number of nitrogens with one attached hydrogen (secondary N) is 1. The van der Waals surface area contributed by atoms with E-state index in [1.165, 1.54) is 5.56 Å². The van der Waals surface area contributed by atoms with Gasteiger partial charge in [-0.2, -0.15) is 8.42 Å². The number of rotatable bonds is 5. The van der Waals surface area contributed by atoms with E-state index in [0.29, 0.717) is 13.0 Å². The summed E-state index contributed by atoms with van der Waals surface area (Å²) in [5, 5.41) is 1.96. The lowest BCUT2D eigenvalue weighted by atomic mass is 10.0. The Morgan fingerprint density at radius 3 is 2.53 bits per heavy atom. The maximum absolute atomic E-state index is 11.0. The van der Waals surface area contributed by atoms with Crippen LogP contribution in [0.3, 0.4) is 0 Å². The van der Waals surface area contributed by atoms with Crippen LogP contribution in [-0.2, 0) is 16.7 Å². The van der Waals surface area contributed by atoms with Crippen molar-refractivity contribution in [1.29, 1.82) is 0 Å². The summed E-state index contributed by atoms with van der Waals surface area (Å²) < 4.78 is 31.0. The van der Waals surface area contributed by atoms with Crippen molar-refractivity contribution >= 4 is 10.1 Å². The van der Waals surface area contributed by atoms with Crippen molar-refractivity contribution in [3.8, 4) is 0 Å². The van der Waals surface area contributed by atoms with Crippen LogP contribution in [0.25, 0.3) is 0 Å². The maximum atomic E-state index is 11.0. The zero-order valence-corrected chi connectivity index (χ0v) is 11.2. The Kier molecular flexibility index (Phi) is 4.68. The molecule has 0 aromatic heterocycles. The van der Waals surface area contributed by atoms with E-state index < -0.39 is 15.5 Å². The van der Waals surface area contributed by atoms with E-state index in [1.807, 2.05) is 32.0 Å². The molecule has 1 aromatic carbocycles. The standard InChI is InChI=1S/C12H19NO3S/c1-4-12(17(14,15)16)13-8-11-7-5-6-9(2)10(11)3/h5-7,12-13H,4,8H2,1-3H3,(H,14,15,16). The molecular weight excluding hydrogens is 238 g/mol. The Hall–Kier alpha value is -0.910. The Labute approximate surface area is 103 Å². The van der Waals surface area contributed by atoms with Crippen LogP contribution in [0.5, 0.6) is 0 Å². The van der Waals surface area contributed by atoms with Crippen LogP contribution < -0.4 is 5.32 Å². The molecule has 0 aliphatic carbocycles. The summed E-state index contributed by atoms with van der Waals surface area (Å²) in [7, 11) is -4.02. The Morgan fingerprint density at radius 1 is 1.35 bits per heavy atom. The first kappa shape index (κ1) is 14.2. The summed E-state index contributed by atoms with van der Waals surface area (Å²) in [4.78, 5) is 0. The molecule has 1 atom stereocenters. The van der Waals surface area contributed by atoms with E-state index in [-0.39, 0.29) is 0 Å². The smallest absolute Gasteiger partial charge is 0.281 e. The van der Waals surface area contributed by atoms with Gasteiger partial charge in [-0.05, 0) is 37.0 Å². The minimum absolute atomic E-state index is 0.337. The minimum atomic E-state index is -4.02. The van der Waals surface area contributed by atoms with Crippen LogP contribution in [0, 0.1) is 13.8 Å². The van der Waals surface area contributed by atoms with E-state index >= 15 is 0 Å². The zero-order chi connectivity index (χ0) is 13.1. The number of hydrogen-bond acceptors (Lipinski definition) is 3. The van der Waals surface area contributed by atoms with E-state index in [2.05, 4.69) is 5.32 Å². The van der Waals surface area contributed by atoms with Gasteiger partial charge in [0.25, 0.3) is 10.1 Å². The largest absolute Gasteiger partial charge is 0.295 e. The Balaban J connectivity index is 2.77. The third-order valence-corrected chi connectivity index (χ3v) is 4.19. The molecule has 1 aromatic rings. The first-order valence-electron chi connectivity index (χ1n) is 5.61. The van der Waals surface area contributed by atoms with E-state index in [9.17, 15) is 8.42 Å². The topological polar surface area (TPSA) is 66.4 Å². The van der Waals surface area contributed by atoms with E-state index in [4.69, 9.17) is 4.55 Å². The van der Waals surface area contributed by atoms with Gasteiger partial charge in [-0.25, -0.2) is 0 Å². The summed E-state index contributed by atoms with van der Waals surface area (Å²) in [5.41, 5.74) is 3.36. The molecule has 96 valence electrons. The lowest BCUT2D eigenvalue weighted by molar-refractivity contribution is 0.445. The van der Waals surface area contributed by atoms with Gasteiger partial charge in [0.05, 0.1) is 0 Å². The van der Waals surface area contributed by atoms with Gasteiger partial charge in [-0.15, -0.1) is 0 Å². The summed E-state index contributed by atoms with van der Waals surface area (Å²) >= 11 is 0. The monoisotopic (exact) mass is 257 g/mol. The van der Waals surface area contributed by atoms with Gasteiger partial charge in [-0.1, -0.05) is 25.1 Å². The van der Waals surface area contributed by atoms with E-state index in [1.54, 1.807) is 6.92 Å². The molecule has 0 aliphatic rings.